The predicted octanol–water partition coefficient (Wildman–Crippen LogP) is 5.85. The van der Waals surface area contributed by atoms with Gasteiger partial charge in [-0.05, 0) is 61.1 Å². The average molecular weight is 561 g/mol. The molecule has 1 aliphatic carbocycles. The van der Waals surface area contributed by atoms with Crippen molar-refractivity contribution in [2.75, 3.05) is 26.8 Å². The predicted molar refractivity (Wildman–Crippen MR) is 147 cm³/mol. The second-order valence-corrected chi connectivity index (χ2v) is 10.3. The van der Waals surface area contributed by atoms with E-state index in [0.29, 0.717) is 24.3 Å². The maximum Gasteiger partial charge on any atom is 0.503 e. The van der Waals surface area contributed by atoms with Crippen LogP contribution in [0.4, 0.5) is 4.79 Å². The third-order valence-electron chi connectivity index (χ3n) is 7.21. The fraction of sp³-hybridized carbons (Fsp3) is 0.483. The van der Waals surface area contributed by atoms with E-state index >= 15 is 0 Å². The summed E-state index contributed by atoms with van der Waals surface area (Å²) in [5.74, 6) is 1.74. The maximum absolute atomic E-state index is 11.8. The quantitative estimate of drug-likeness (QED) is 0.329. The van der Waals surface area contributed by atoms with Gasteiger partial charge in [0.05, 0.1) is 13.7 Å². The number of rotatable bonds is 11. The first-order valence-electron chi connectivity index (χ1n) is 13.2. The lowest BCUT2D eigenvalue weighted by molar-refractivity contribution is -0.138. The monoisotopic (exact) mass is 560 g/mol. The van der Waals surface area contributed by atoms with E-state index < -0.39 is 6.16 Å². The van der Waals surface area contributed by atoms with Crippen LogP contribution in [0, 0.1) is 5.92 Å². The van der Waals surface area contributed by atoms with Gasteiger partial charge in [-0.25, -0.2) is 4.79 Å². The highest BCUT2D eigenvalue weighted by molar-refractivity contribution is 6.30. The second-order valence-electron chi connectivity index (χ2n) is 9.86. The van der Waals surface area contributed by atoms with Gasteiger partial charge in [-0.1, -0.05) is 42.6 Å². The molecule has 10 heteroatoms. The highest BCUT2D eigenvalue weighted by Crippen LogP contribution is 2.33. The fourth-order valence-electron chi connectivity index (χ4n) is 5.12. The summed E-state index contributed by atoms with van der Waals surface area (Å²) in [6.07, 6.45) is 3.99. The van der Waals surface area contributed by atoms with Crippen LogP contribution in [0.25, 0.3) is 0 Å². The molecule has 9 nitrogen and oxygen atoms in total. The van der Waals surface area contributed by atoms with Crippen LogP contribution in [0.5, 0.6) is 11.5 Å². The molecule has 0 bridgehead atoms. The van der Waals surface area contributed by atoms with Gasteiger partial charge < -0.3 is 19.7 Å². The van der Waals surface area contributed by atoms with Crippen molar-refractivity contribution in [1.29, 1.82) is 0 Å². The van der Waals surface area contributed by atoms with E-state index in [1.165, 1.54) is 36.1 Å². The van der Waals surface area contributed by atoms with E-state index in [2.05, 4.69) is 30.0 Å². The van der Waals surface area contributed by atoms with Gasteiger partial charge >= 0.3 is 6.16 Å². The molecule has 2 amide bonds. The molecule has 0 unspecified atom stereocenters. The van der Waals surface area contributed by atoms with Crippen LogP contribution in [0.15, 0.2) is 42.5 Å². The minimum atomic E-state index is -1.83. The minimum absolute atomic E-state index is 0.127. The van der Waals surface area contributed by atoms with Crippen molar-refractivity contribution in [1.82, 2.24) is 9.80 Å². The first kappa shape index (κ1) is 30.2. The maximum atomic E-state index is 11.8. The molecule has 1 aliphatic heterocycles. The molecule has 0 spiro atoms. The molecule has 2 aromatic carbocycles. The fourth-order valence-corrected chi connectivity index (χ4v) is 5.25. The summed E-state index contributed by atoms with van der Waals surface area (Å²) in [7, 11) is 1.63. The Kier molecular flexibility index (Phi) is 11.4. The van der Waals surface area contributed by atoms with Gasteiger partial charge in [-0.2, -0.15) is 0 Å². The van der Waals surface area contributed by atoms with Gasteiger partial charge in [0, 0.05) is 37.0 Å². The lowest BCUT2D eigenvalue weighted by Gasteiger charge is -2.32. The van der Waals surface area contributed by atoms with Crippen molar-refractivity contribution in [3.8, 4) is 11.5 Å². The topological polar surface area (TPSA) is 117 Å². The van der Waals surface area contributed by atoms with Crippen LogP contribution in [-0.2, 0) is 16.1 Å². The van der Waals surface area contributed by atoms with Crippen molar-refractivity contribution in [2.45, 2.75) is 58.0 Å². The normalized spacial score (nSPS) is 16.3. The molecular formula is C29H37ClN2O7. The van der Waals surface area contributed by atoms with Crippen molar-refractivity contribution >= 4 is 29.6 Å². The van der Waals surface area contributed by atoms with E-state index in [0.717, 1.165) is 29.6 Å². The van der Waals surface area contributed by atoms with Gasteiger partial charge in [-0.15, -0.1) is 0 Å². The zero-order chi connectivity index (χ0) is 28.4. The molecule has 0 aromatic heterocycles. The zero-order valence-electron chi connectivity index (χ0n) is 22.5. The number of ether oxygens (including phenoxy) is 2. The molecule has 2 aromatic rings. The largest absolute Gasteiger partial charge is 0.503 e. The molecule has 1 atom stereocenters. The Morgan fingerprint density at radius 3 is 2.26 bits per heavy atom. The van der Waals surface area contributed by atoms with Gasteiger partial charge in [0.15, 0.2) is 11.5 Å². The van der Waals surface area contributed by atoms with Crippen molar-refractivity contribution < 1.29 is 34.1 Å². The third-order valence-corrected chi connectivity index (χ3v) is 7.46. The highest BCUT2D eigenvalue weighted by atomic mass is 35.5. The Balaban J connectivity index is 0.000000983. The number of carboxylic acid groups (broad SMARTS) is 2. The number of amides is 2. The van der Waals surface area contributed by atoms with Crippen molar-refractivity contribution in [2.24, 2.45) is 5.92 Å². The molecule has 2 N–H and O–H groups in total. The van der Waals surface area contributed by atoms with Crippen LogP contribution < -0.4 is 9.47 Å². The molecule has 2 aliphatic rings. The zero-order valence-corrected chi connectivity index (χ0v) is 23.2. The molecule has 4 rings (SSSR count). The van der Waals surface area contributed by atoms with Gasteiger partial charge in [0.2, 0.25) is 11.8 Å². The van der Waals surface area contributed by atoms with E-state index in [9.17, 15) is 9.59 Å². The van der Waals surface area contributed by atoms with Crippen LogP contribution in [0.3, 0.4) is 0 Å². The molecule has 1 heterocycles. The molecule has 1 saturated heterocycles. The number of benzene rings is 2. The number of carbonyl (C=O) groups excluding carboxylic acids is 2. The third kappa shape index (κ3) is 9.14. The smallest absolute Gasteiger partial charge is 0.493 e. The lowest BCUT2D eigenvalue weighted by atomic mass is 10.0. The average Bonchev–Trinajstić information content (AvgIpc) is 3.53. The van der Waals surface area contributed by atoms with E-state index in [-0.39, 0.29) is 31.0 Å². The summed E-state index contributed by atoms with van der Waals surface area (Å²) in [5, 5.41) is 14.7. The summed E-state index contributed by atoms with van der Waals surface area (Å²) in [4.78, 5) is 36.0. The first-order valence-corrected chi connectivity index (χ1v) is 13.6. The van der Waals surface area contributed by atoms with E-state index in [1.54, 1.807) is 7.11 Å². The summed E-state index contributed by atoms with van der Waals surface area (Å²) >= 11 is 6.12. The summed E-state index contributed by atoms with van der Waals surface area (Å²) in [6.45, 7) is 4.62. The van der Waals surface area contributed by atoms with Crippen molar-refractivity contribution in [3.63, 3.8) is 0 Å². The number of halogens is 1. The Hall–Kier alpha value is -3.30. The molecule has 0 radical (unpaired) electrons. The van der Waals surface area contributed by atoms with Gasteiger partial charge in [-0.3, -0.25) is 19.4 Å². The number of hydrogen-bond acceptors (Lipinski definition) is 6. The Morgan fingerprint density at radius 1 is 1.05 bits per heavy atom. The Bertz CT molecular complexity index is 1100. The molecular weight excluding hydrogens is 524 g/mol. The first-order chi connectivity index (χ1) is 18.7. The van der Waals surface area contributed by atoms with Crippen LogP contribution >= 0.6 is 11.6 Å². The number of likely N-dealkylation sites (tertiary alicyclic amines) is 1. The summed E-state index contributed by atoms with van der Waals surface area (Å²) < 4.78 is 11.5. The molecule has 39 heavy (non-hydrogen) atoms. The molecule has 2 fully saturated rings. The van der Waals surface area contributed by atoms with Crippen LogP contribution in [0.2, 0.25) is 5.02 Å². The number of hydrogen-bond donors (Lipinski definition) is 2. The Morgan fingerprint density at radius 2 is 1.67 bits per heavy atom. The summed E-state index contributed by atoms with van der Waals surface area (Å²) in [6, 6.07) is 14.4. The number of methoxy groups -OCH3 is 1. The molecule has 1 saturated carbocycles. The number of carbonyl (C=O) groups is 3. The minimum Gasteiger partial charge on any atom is -0.493 e. The van der Waals surface area contributed by atoms with Crippen molar-refractivity contribution in [3.05, 3.63) is 58.6 Å². The van der Waals surface area contributed by atoms with E-state index in [1.807, 2.05) is 24.3 Å². The van der Waals surface area contributed by atoms with Crippen LogP contribution in [0.1, 0.15) is 62.6 Å². The van der Waals surface area contributed by atoms with Gasteiger partial charge in [0.1, 0.15) is 6.61 Å². The number of nitrogens with zero attached hydrogens (tertiary/aromatic N) is 2. The standard InChI is InChI=1S/C28H35ClN2O4.CH2O3/c1-20(23-8-10-24(29)11-9-23)30(18-21-5-3-4-6-21)19-22-7-12-25(26(17-22)34-2)35-16-15-31-27(32)13-14-28(31)33;2-1(3)4/h7-12,17,20-21H,3-6,13-16,18-19H2,1-2H3;(H2,2,3,4)/t20-;/m0./s1. The number of imide groups is 1. The second kappa shape index (κ2) is 14.7. The highest BCUT2D eigenvalue weighted by Gasteiger charge is 2.28. The lowest BCUT2D eigenvalue weighted by Crippen LogP contribution is -2.33. The van der Waals surface area contributed by atoms with Crippen LogP contribution in [-0.4, -0.2) is 64.8 Å². The summed E-state index contributed by atoms with van der Waals surface area (Å²) in [5.41, 5.74) is 2.41. The molecule has 212 valence electrons. The van der Waals surface area contributed by atoms with Gasteiger partial charge in [0.25, 0.3) is 0 Å². The SMILES string of the molecule is COc1cc(CN(CC2CCCC2)[C@@H](C)c2ccc(Cl)cc2)ccc1OCCN1C(=O)CCC1=O.O=C(O)O. The van der Waals surface area contributed by atoms with E-state index in [4.69, 9.17) is 36.1 Å². The Labute approximate surface area is 234 Å².